The highest BCUT2D eigenvalue weighted by atomic mass is 16.5. The van der Waals surface area contributed by atoms with E-state index >= 15 is 0 Å². The van der Waals surface area contributed by atoms with Gasteiger partial charge in [-0.3, -0.25) is 0 Å². The van der Waals surface area contributed by atoms with Crippen LogP contribution in [0.1, 0.15) is 26.2 Å². The van der Waals surface area contributed by atoms with E-state index in [2.05, 4.69) is 0 Å². The van der Waals surface area contributed by atoms with Gasteiger partial charge in [-0.25, -0.2) is 0 Å². The van der Waals surface area contributed by atoms with E-state index in [1.54, 1.807) is 7.11 Å². The Morgan fingerprint density at radius 3 is 2.55 bits per heavy atom. The number of methoxy groups -OCH3 is 1. The smallest absolute Gasteiger partial charge is 0.0611 e. The van der Waals surface area contributed by atoms with Gasteiger partial charge in [-0.2, -0.15) is 0 Å². The van der Waals surface area contributed by atoms with E-state index in [4.69, 9.17) is 15.6 Å². The van der Waals surface area contributed by atoms with Gasteiger partial charge in [0.2, 0.25) is 0 Å². The van der Waals surface area contributed by atoms with Gasteiger partial charge in [-0.1, -0.05) is 6.92 Å². The van der Waals surface area contributed by atoms with Crippen LogP contribution in [0.15, 0.2) is 0 Å². The third-order valence-electron chi connectivity index (χ3n) is 2.04. The summed E-state index contributed by atoms with van der Waals surface area (Å²) in [6, 6.07) is 0. The zero-order valence-corrected chi connectivity index (χ0v) is 7.47. The van der Waals surface area contributed by atoms with Gasteiger partial charge in [-0.15, -0.1) is 0 Å². The molecule has 0 aliphatic heterocycles. The maximum Gasteiger partial charge on any atom is 0.0611 e. The standard InChI is InChI=1S/C8H19NO2/c1-3-8(9,7-10)5-4-6-11-2/h10H,3-7,9H2,1-2H3. The van der Waals surface area contributed by atoms with Gasteiger partial charge in [0.25, 0.3) is 0 Å². The Bertz CT molecular complexity index is 92.1. The van der Waals surface area contributed by atoms with Crippen molar-refractivity contribution in [2.45, 2.75) is 31.7 Å². The average Bonchev–Trinajstić information content (AvgIpc) is 2.05. The molecule has 68 valence electrons. The number of hydrogen-bond donors (Lipinski definition) is 2. The summed E-state index contributed by atoms with van der Waals surface area (Å²) in [6.07, 6.45) is 2.56. The van der Waals surface area contributed by atoms with Crippen LogP contribution in [0.3, 0.4) is 0 Å². The molecule has 0 bridgehead atoms. The summed E-state index contributed by atoms with van der Waals surface area (Å²) in [5.74, 6) is 0. The molecule has 3 heteroatoms. The van der Waals surface area contributed by atoms with Crippen LogP contribution in [-0.4, -0.2) is 31.0 Å². The molecular formula is C8H19NO2. The second-order valence-corrected chi connectivity index (χ2v) is 2.97. The fourth-order valence-corrected chi connectivity index (χ4v) is 0.936. The molecule has 0 fully saturated rings. The second kappa shape index (κ2) is 5.52. The molecule has 0 saturated carbocycles. The molecule has 11 heavy (non-hydrogen) atoms. The molecule has 0 heterocycles. The van der Waals surface area contributed by atoms with E-state index in [1.165, 1.54) is 0 Å². The maximum atomic E-state index is 8.92. The van der Waals surface area contributed by atoms with E-state index in [1.807, 2.05) is 6.92 Å². The summed E-state index contributed by atoms with van der Waals surface area (Å²) in [5.41, 5.74) is 5.44. The van der Waals surface area contributed by atoms with Crippen LogP contribution in [0.4, 0.5) is 0 Å². The highest BCUT2D eigenvalue weighted by molar-refractivity contribution is 4.80. The summed E-state index contributed by atoms with van der Waals surface area (Å²) < 4.78 is 4.89. The minimum Gasteiger partial charge on any atom is -0.394 e. The zero-order chi connectivity index (χ0) is 8.74. The Morgan fingerprint density at radius 2 is 2.18 bits per heavy atom. The predicted octanol–water partition coefficient (Wildman–Crippen LogP) is 0.513. The lowest BCUT2D eigenvalue weighted by molar-refractivity contribution is 0.150. The molecule has 0 radical (unpaired) electrons. The summed E-state index contributed by atoms with van der Waals surface area (Å²) in [5, 5.41) is 8.92. The molecule has 0 aromatic heterocycles. The third kappa shape index (κ3) is 4.35. The summed E-state index contributed by atoms with van der Waals surface area (Å²) in [4.78, 5) is 0. The second-order valence-electron chi connectivity index (χ2n) is 2.97. The molecule has 0 aromatic carbocycles. The minimum atomic E-state index is -0.390. The van der Waals surface area contributed by atoms with Crippen LogP contribution in [0.2, 0.25) is 0 Å². The van der Waals surface area contributed by atoms with Gasteiger partial charge in [0.05, 0.1) is 6.61 Å². The van der Waals surface area contributed by atoms with Crippen LogP contribution in [0.5, 0.6) is 0 Å². The van der Waals surface area contributed by atoms with E-state index in [-0.39, 0.29) is 6.61 Å². The van der Waals surface area contributed by atoms with Crippen LogP contribution >= 0.6 is 0 Å². The topological polar surface area (TPSA) is 55.5 Å². The number of ether oxygens (including phenoxy) is 1. The molecule has 0 saturated heterocycles. The number of aliphatic hydroxyl groups excluding tert-OH is 1. The van der Waals surface area contributed by atoms with Crippen LogP contribution in [0.25, 0.3) is 0 Å². The van der Waals surface area contributed by atoms with Gasteiger partial charge in [-0.05, 0) is 19.3 Å². The largest absolute Gasteiger partial charge is 0.394 e. The van der Waals surface area contributed by atoms with Gasteiger partial charge in [0, 0.05) is 19.3 Å². The van der Waals surface area contributed by atoms with Crippen LogP contribution in [-0.2, 0) is 4.74 Å². The number of hydrogen-bond acceptors (Lipinski definition) is 3. The maximum absolute atomic E-state index is 8.92. The van der Waals surface area contributed by atoms with Gasteiger partial charge in [0.1, 0.15) is 0 Å². The Morgan fingerprint density at radius 1 is 1.55 bits per heavy atom. The lowest BCUT2D eigenvalue weighted by Gasteiger charge is -2.25. The minimum absolute atomic E-state index is 0.0627. The van der Waals surface area contributed by atoms with Crippen molar-refractivity contribution in [3.8, 4) is 0 Å². The van der Waals surface area contributed by atoms with Gasteiger partial charge < -0.3 is 15.6 Å². The first-order chi connectivity index (χ1) is 5.18. The molecule has 0 aliphatic rings. The Hall–Kier alpha value is -0.120. The van der Waals surface area contributed by atoms with Crippen molar-refractivity contribution >= 4 is 0 Å². The van der Waals surface area contributed by atoms with Crippen LogP contribution in [0, 0.1) is 0 Å². The molecule has 3 nitrogen and oxygen atoms in total. The molecule has 0 amide bonds. The van der Waals surface area contributed by atoms with Gasteiger partial charge >= 0.3 is 0 Å². The summed E-state index contributed by atoms with van der Waals surface area (Å²) in [6.45, 7) is 2.77. The molecule has 1 unspecified atom stereocenters. The van der Waals surface area contributed by atoms with E-state index in [0.29, 0.717) is 0 Å². The Labute approximate surface area is 68.5 Å². The molecule has 0 aromatic rings. The van der Waals surface area contributed by atoms with Crippen molar-refractivity contribution in [2.75, 3.05) is 20.3 Å². The molecular weight excluding hydrogens is 142 g/mol. The number of aliphatic hydroxyl groups is 1. The fourth-order valence-electron chi connectivity index (χ4n) is 0.936. The molecule has 1 atom stereocenters. The lowest BCUT2D eigenvalue weighted by Crippen LogP contribution is -2.43. The third-order valence-corrected chi connectivity index (χ3v) is 2.04. The van der Waals surface area contributed by atoms with E-state index < -0.39 is 5.54 Å². The van der Waals surface area contributed by atoms with Crippen LogP contribution < -0.4 is 5.73 Å². The SMILES string of the molecule is CCC(N)(CO)CCCOC. The Kier molecular flexibility index (Phi) is 5.46. The first kappa shape index (κ1) is 10.9. The van der Waals surface area contributed by atoms with E-state index in [9.17, 15) is 0 Å². The first-order valence-electron chi connectivity index (χ1n) is 4.07. The fraction of sp³-hybridized carbons (Fsp3) is 1.00. The summed E-state index contributed by atoms with van der Waals surface area (Å²) in [7, 11) is 1.67. The number of rotatable bonds is 6. The highest BCUT2D eigenvalue weighted by Crippen LogP contribution is 2.12. The first-order valence-corrected chi connectivity index (χ1v) is 4.07. The molecule has 0 rings (SSSR count). The predicted molar refractivity (Wildman–Crippen MR) is 45.4 cm³/mol. The molecule has 0 spiro atoms. The van der Waals surface area contributed by atoms with E-state index in [0.717, 1.165) is 25.9 Å². The van der Waals surface area contributed by atoms with Crippen molar-refractivity contribution < 1.29 is 9.84 Å². The Balaban J connectivity index is 3.51. The number of nitrogens with two attached hydrogens (primary N) is 1. The normalized spacial score (nSPS) is 16.4. The molecule has 0 aliphatic carbocycles. The van der Waals surface area contributed by atoms with Crippen molar-refractivity contribution in [1.29, 1.82) is 0 Å². The van der Waals surface area contributed by atoms with Crippen molar-refractivity contribution in [1.82, 2.24) is 0 Å². The van der Waals surface area contributed by atoms with Crippen molar-refractivity contribution in [2.24, 2.45) is 5.73 Å². The average molecular weight is 161 g/mol. The monoisotopic (exact) mass is 161 g/mol. The summed E-state index contributed by atoms with van der Waals surface area (Å²) >= 11 is 0. The highest BCUT2D eigenvalue weighted by Gasteiger charge is 2.20. The quantitative estimate of drug-likeness (QED) is 0.558. The van der Waals surface area contributed by atoms with Gasteiger partial charge in [0.15, 0.2) is 0 Å². The van der Waals surface area contributed by atoms with Crippen molar-refractivity contribution in [3.05, 3.63) is 0 Å². The van der Waals surface area contributed by atoms with Crippen molar-refractivity contribution in [3.63, 3.8) is 0 Å². The zero-order valence-electron chi connectivity index (χ0n) is 7.47. The lowest BCUT2D eigenvalue weighted by atomic mass is 9.93. The molecule has 3 N–H and O–H groups in total.